The van der Waals surface area contributed by atoms with Crippen molar-refractivity contribution in [2.24, 2.45) is 0 Å². The van der Waals surface area contributed by atoms with E-state index in [0.29, 0.717) is 13.0 Å². The highest BCUT2D eigenvalue weighted by Crippen LogP contribution is 2.07. The van der Waals surface area contributed by atoms with Crippen LogP contribution in [0.4, 0.5) is 4.79 Å². The first-order chi connectivity index (χ1) is 8.90. The number of carboxylic acids is 1. The summed E-state index contributed by atoms with van der Waals surface area (Å²) >= 11 is 0. The Labute approximate surface area is 108 Å². The molecule has 1 fully saturated rings. The lowest BCUT2D eigenvalue weighted by atomic mass is 10.2. The van der Waals surface area contributed by atoms with Gasteiger partial charge in [-0.15, -0.1) is 0 Å². The van der Waals surface area contributed by atoms with Crippen molar-refractivity contribution < 1.29 is 29.0 Å². The number of rotatable bonds is 5. The molecule has 4 amide bonds. The van der Waals surface area contributed by atoms with Crippen LogP contribution in [0, 0.1) is 0 Å². The van der Waals surface area contributed by atoms with Gasteiger partial charge in [0, 0.05) is 13.6 Å². The van der Waals surface area contributed by atoms with Crippen LogP contribution in [0.3, 0.4) is 0 Å². The van der Waals surface area contributed by atoms with Crippen molar-refractivity contribution in [1.29, 1.82) is 0 Å². The summed E-state index contributed by atoms with van der Waals surface area (Å²) in [4.78, 5) is 45.6. The number of carboxylic acid groups (broad SMARTS) is 1. The van der Waals surface area contributed by atoms with Crippen LogP contribution in [0.1, 0.15) is 6.42 Å². The predicted molar refractivity (Wildman–Crippen MR) is 61.2 cm³/mol. The third-order valence-electron chi connectivity index (χ3n) is 2.44. The molecule has 0 radical (unpaired) electrons. The number of carbonyl (C=O) groups excluding carboxylic acids is 3. The molecule has 19 heavy (non-hydrogen) atoms. The zero-order chi connectivity index (χ0) is 14.4. The molecule has 9 nitrogen and oxygen atoms in total. The number of nitrogens with zero attached hydrogens (tertiary/aromatic N) is 1. The van der Waals surface area contributed by atoms with Crippen LogP contribution in [0.5, 0.6) is 0 Å². The van der Waals surface area contributed by atoms with Gasteiger partial charge in [-0.3, -0.25) is 14.9 Å². The maximum absolute atomic E-state index is 11.5. The molecule has 1 rings (SSSR count). The molecule has 1 aliphatic heterocycles. The number of hydrogen-bond acceptors (Lipinski definition) is 5. The quantitative estimate of drug-likeness (QED) is 0.539. The zero-order valence-corrected chi connectivity index (χ0v) is 10.3. The minimum absolute atomic E-state index is 0.218. The smallest absolute Gasteiger partial charge is 0.329 e. The summed E-state index contributed by atoms with van der Waals surface area (Å²) in [7, 11) is 1.62. The second-order valence-electron chi connectivity index (χ2n) is 4.01. The Kier molecular flexibility index (Phi) is 5.24. The summed E-state index contributed by atoms with van der Waals surface area (Å²) in [6.45, 7) is -0.626. The number of carbonyl (C=O) groups is 4. The zero-order valence-electron chi connectivity index (χ0n) is 10.3. The molecular formula is C10H15N3O6. The van der Waals surface area contributed by atoms with E-state index < -0.39 is 37.2 Å². The van der Waals surface area contributed by atoms with Gasteiger partial charge in [0.2, 0.25) is 5.91 Å². The molecule has 1 saturated heterocycles. The molecule has 0 aromatic carbocycles. The summed E-state index contributed by atoms with van der Waals surface area (Å²) in [5.74, 6) is -2.21. The molecule has 0 aromatic rings. The molecule has 1 atom stereocenters. The van der Waals surface area contributed by atoms with E-state index in [-0.39, 0.29) is 5.91 Å². The van der Waals surface area contributed by atoms with Gasteiger partial charge in [-0.2, -0.15) is 0 Å². The Morgan fingerprint density at radius 2 is 2.11 bits per heavy atom. The molecule has 3 N–H and O–H groups in total. The maximum atomic E-state index is 11.5. The Balaban J connectivity index is 2.25. The number of aliphatic carboxylic acids is 1. The van der Waals surface area contributed by atoms with E-state index in [1.807, 2.05) is 5.32 Å². The molecule has 1 aliphatic rings. The molecule has 1 unspecified atom stereocenters. The van der Waals surface area contributed by atoms with Crippen LogP contribution in [0.15, 0.2) is 0 Å². The van der Waals surface area contributed by atoms with E-state index in [0.717, 1.165) is 0 Å². The fourth-order valence-corrected chi connectivity index (χ4v) is 1.54. The number of nitrogens with one attached hydrogen (secondary N) is 2. The van der Waals surface area contributed by atoms with Crippen LogP contribution in [-0.2, 0) is 19.1 Å². The molecule has 0 bridgehead atoms. The van der Waals surface area contributed by atoms with Gasteiger partial charge in [0.25, 0.3) is 5.91 Å². The van der Waals surface area contributed by atoms with E-state index in [9.17, 15) is 19.2 Å². The normalized spacial score (nSPS) is 18.3. The fourth-order valence-electron chi connectivity index (χ4n) is 1.54. The summed E-state index contributed by atoms with van der Waals surface area (Å²) in [5, 5.41) is 12.6. The van der Waals surface area contributed by atoms with Gasteiger partial charge in [-0.1, -0.05) is 0 Å². The molecule has 9 heteroatoms. The monoisotopic (exact) mass is 273 g/mol. The van der Waals surface area contributed by atoms with Gasteiger partial charge in [0.1, 0.15) is 19.3 Å². The van der Waals surface area contributed by atoms with Crippen LogP contribution < -0.4 is 10.6 Å². The molecule has 106 valence electrons. The van der Waals surface area contributed by atoms with Crippen LogP contribution >= 0.6 is 0 Å². The third-order valence-corrected chi connectivity index (χ3v) is 2.44. The summed E-state index contributed by atoms with van der Waals surface area (Å²) in [5.41, 5.74) is 0. The second kappa shape index (κ2) is 6.69. The van der Waals surface area contributed by atoms with Crippen LogP contribution in [0.25, 0.3) is 0 Å². The van der Waals surface area contributed by atoms with E-state index in [2.05, 4.69) is 10.1 Å². The first kappa shape index (κ1) is 14.9. The predicted octanol–water partition coefficient (Wildman–Crippen LogP) is -1.86. The van der Waals surface area contributed by atoms with Gasteiger partial charge in [-0.25, -0.2) is 9.59 Å². The van der Waals surface area contributed by atoms with E-state index in [1.54, 1.807) is 7.05 Å². The molecule has 0 aliphatic carbocycles. The van der Waals surface area contributed by atoms with Crippen molar-refractivity contribution in [3.8, 4) is 0 Å². The SMILES string of the molecule is CN1CCC(NC(=O)NC(=O)COCC(=O)O)C1=O. The van der Waals surface area contributed by atoms with Crippen molar-refractivity contribution in [2.45, 2.75) is 12.5 Å². The lowest BCUT2D eigenvalue weighted by Crippen LogP contribution is -2.48. The number of likely N-dealkylation sites (tertiary alicyclic amines) is 1. The number of hydrogen-bond donors (Lipinski definition) is 3. The topological polar surface area (TPSA) is 125 Å². The van der Waals surface area contributed by atoms with Crippen LogP contribution in [0.2, 0.25) is 0 Å². The van der Waals surface area contributed by atoms with Gasteiger partial charge < -0.3 is 20.1 Å². The number of amides is 4. The van der Waals surface area contributed by atoms with E-state index >= 15 is 0 Å². The first-order valence-electron chi connectivity index (χ1n) is 5.55. The van der Waals surface area contributed by atoms with Crippen molar-refractivity contribution in [1.82, 2.24) is 15.5 Å². The molecule has 0 saturated carbocycles. The Morgan fingerprint density at radius 3 is 2.63 bits per heavy atom. The van der Waals surface area contributed by atoms with Gasteiger partial charge in [-0.05, 0) is 6.42 Å². The Morgan fingerprint density at radius 1 is 1.42 bits per heavy atom. The lowest BCUT2D eigenvalue weighted by molar-refractivity contribution is -0.143. The lowest BCUT2D eigenvalue weighted by Gasteiger charge is -2.12. The Bertz CT molecular complexity index is 397. The number of ether oxygens (including phenoxy) is 1. The number of likely N-dealkylation sites (N-methyl/N-ethyl adjacent to an activating group) is 1. The third kappa shape index (κ3) is 4.92. The maximum Gasteiger partial charge on any atom is 0.329 e. The largest absolute Gasteiger partial charge is 0.480 e. The van der Waals surface area contributed by atoms with Gasteiger partial charge in [0.05, 0.1) is 0 Å². The number of imide groups is 1. The van der Waals surface area contributed by atoms with Crippen LogP contribution in [-0.4, -0.2) is 66.7 Å². The average Bonchev–Trinajstić information content (AvgIpc) is 2.60. The van der Waals surface area contributed by atoms with Crippen molar-refractivity contribution in [2.75, 3.05) is 26.8 Å². The minimum atomic E-state index is -1.21. The highest BCUT2D eigenvalue weighted by atomic mass is 16.5. The second-order valence-corrected chi connectivity index (χ2v) is 4.01. The Hall–Kier alpha value is -2.16. The van der Waals surface area contributed by atoms with Gasteiger partial charge >= 0.3 is 12.0 Å². The first-order valence-corrected chi connectivity index (χ1v) is 5.55. The molecule has 0 aromatic heterocycles. The highest BCUT2D eigenvalue weighted by Gasteiger charge is 2.30. The summed E-state index contributed by atoms with van der Waals surface area (Å²) in [6, 6.07) is -1.45. The minimum Gasteiger partial charge on any atom is -0.480 e. The molecule has 0 spiro atoms. The van der Waals surface area contributed by atoms with Crippen molar-refractivity contribution >= 4 is 23.8 Å². The van der Waals surface area contributed by atoms with Crippen molar-refractivity contribution in [3.05, 3.63) is 0 Å². The number of urea groups is 1. The highest BCUT2D eigenvalue weighted by molar-refractivity contribution is 5.97. The standard InChI is InChI=1S/C10H15N3O6/c1-13-3-2-6(9(13)17)11-10(18)12-7(14)4-19-5-8(15)16/h6H,2-5H2,1H3,(H,15,16)(H2,11,12,14,18). The molecular weight excluding hydrogens is 258 g/mol. The fraction of sp³-hybridized carbons (Fsp3) is 0.600. The van der Waals surface area contributed by atoms with E-state index in [1.165, 1.54) is 4.90 Å². The molecule has 1 heterocycles. The average molecular weight is 273 g/mol. The van der Waals surface area contributed by atoms with Gasteiger partial charge in [0.15, 0.2) is 0 Å². The van der Waals surface area contributed by atoms with E-state index in [4.69, 9.17) is 5.11 Å². The summed E-state index contributed by atoms with van der Waals surface area (Å²) < 4.78 is 4.50. The van der Waals surface area contributed by atoms with Crippen molar-refractivity contribution in [3.63, 3.8) is 0 Å². The summed E-state index contributed by atoms with van der Waals surface area (Å²) in [6.07, 6.45) is 0.479.